The molecule has 2 heterocycles. The van der Waals surface area contributed by atoms with E-state index in [1.807, 2.05) is 0 Å². The molecule has 0 atom stereocenters. The monoisotopic (exact) mass is 712 g/mol. The van der Waals surface area contributed by atoms with Gasteiger partial charge in [-0.3, -0.25) is 19.2 Å². The van der Waals surface area contributed by atoms with Crippen molar-refractivity contribution < 1.29 is 57.1 Å². The van der Waals surface area contributed by atoms with Crippen LogP contribution >= 0.6 is 11.6 Å². The van der Waals surface area contributed by atoms with Crippen LogP contribution in [0.3, 0.4) is 0 Å². The van der Waals surface area contributed by atoms with Gasteiger partial charge in [-0.25, -0.2) is 28.3 Å². The summed E-state index contributed by atoms with van der Waals surface area (Å²) in [4.78, 5) is 73.2. The number of hydrogen-bond donors (Lipinski definition) is 4. The van der Waals surface area contributed by atoms with Crippen molar-refractivity contribution in [2.45, 2.75) is 13.8 Å². The standard InChI is InChI=1S/C16H13FN2O4.C8H8BFO4.C8H7ClN2O2/c1-9(21)19-15-6-13(11(8-20)7-18-15)12-4-3-10(5-14(12)17)16(22)23-2;1-14-8(11)5-2-3-6(9(12)13)7(10)4-5;1-5(13)11-8-2-7(9)6(4-12)3-10-8/h3-8H,1-2H3,(H,18,19,21);2-4,12-13H,1H3;2-4H,1H3,(H,10,11,13). The van der Waals surface area contributed by atoms with E-state index >= 15 is 0 Å². The Bertz CT molecular complexity index is 1910. The number of methoxy groups -OCH3 is 2. The lowest BCUT2D eigenvalue weighted by Gasteiger charge is -2.10. The van der Waals surface area contributed by atoms with Crippen molar-refractivity contribution in [2.75, 3.05) is 24.9 Å². The van der Waals surface area contributed by atoms with Crippen LogP contribution in [0.25, 0.3) is 11.1 Å². The van der Waals surface area contributed by atoms with E-state index in [1.54, 1.807) is 0 Å². The molecular formula is C32H28BClF2N4O10. The van der Waals surface area contributed by atoms with Crippen LogP contribution in [-0.4, -0.2) is 77.7 Å². The van der Waals surface area contributed by atoms with Gasteiger partial charge in [0.15, 0.2) is 12.6 Å². The Morgan fingerprint density at radius 2 is 1.22 bits per heavy atom. The SMILES string of the molecule is CC(=O)Nc1cc(Cl)c(C=O)cn1.COC(=O)c1ccc(-c2cc(NC(C)=O)ncc2C=O)c(F)c1.COC(=O)c1ccc(B(O)O)c(F)c1. The maximum absolute atomic E-state index is 14.3. The number of halogens is 3. The first-order valence-electron chi connectivity index (χ1n) is 13.9. The second-order valence-corrected chi connectivity index (χ2v) is 10.0. The number of anilines is 2. The molecule has 0 spiro atoms. The number of carbonyl (C=O) groups is 6. The van der Waals surface area contributed by atoms with Gasteiger partial charge in [0.1, 0.15) is 23.3 Å². The number of carbonyl (C=O) groups excluding carboxylic acids is 6. The minimum absolute atomic E-state index is 0.0226. The molecule has 0 unspecified atom stereocenters. The summed E-state index contributed by atoms with van der Waals surface area (Å²) in [7, 11) is 0.484. The van der Waals surface area contributed by atoms with E-state index < -0.39 is 30.7 Å². The van der Waals surface area contributed by atoms with Gasteiger partial charge in [-0.05, 0) is 30.3 Å². The van der Waals surface area contributed by atoms with Crippen molar-refractivity contribution in [1.82, 2.24) is 9.97 Å². The molecule has 18 heteroatoms. The number of nitrogens with zero attached hydrogens (tertiary/aromatic N) is 2. The number of esters is 2. The minimum atomic E-state index is -1.89. The Labute approximate surface area is 288 Å². The molecule has 4 rings (SSSR count). The molecule has 4 aromatic rings. The van der Waals surface area contributed by atoms with Crippen LogP contribution in [0, 0.1) is 11.6 Å². The van der Waals surface area contributed by atoms with Crippen LogP contribution in [0.4, 0.5) is 20.4 Å². The number of pyridine rings is 2. The fraction of sp³-hybridized carbons (Fsp3) is 0.125. The van der Waals surface area contributed by atoms with Gasteiger partial charge in [-0.15, -0.1) is 0 Å². The van der Waals surface area contributed by atoms with Gasteiger partial charge in [0.25, 0.3) is 0 Å². The topological polar surface area (TPSA) is 211 Å². The average Bonchev–Trinajstić information content (AvgIpc) is 3.07. The molecule has 0 aliphatic heterocycles. The average molecular weight is 713 g/mol. The van der Waals surface area contributed by atoms with Crippen LogP contribution in [-0.2, 0) is 19.1 Å². The quantitative estimate of drug-likeness (QED) is 0.118. The molecule has 0 saturated carbocycles. The molecule has 4 N–H and O–H groups in total. The van der Waals surface area contributed by atoms with Gasteiger partial charge >= 0.3 is 19.1 Å². The molecular weight excluding hydrogens is 685 g/mol. The summed E-state index contributed by atoms with van der Waals surface area (Å²) in [5, 5.41) is 22.6. The van der Waals surface area contributed by atoms with Gasteiger partial charge in [0, 0.05) is 54.5 Å². The van der Waals surface area contributed by atoms with Crippen LogP contribution in [0.2, 0.25) is 5.02 Å². The Morgan fingerprint density at radius 3 is 1.64 bits per heavy atom. The number of hydrogen-bond acceptors (Lipinski definition) is 12. The Morgan fingerprint density at radius 1 is 0.740 bits per heavy atom. The molecule has 0 fully saturated rings. The zero-order valence-corrected chi connectivity index (χ0v) is 27.5. The second-order valence-electron chi connectivity index (χ2n) is 9.63. The molecule has 14 nitrogen and oxygen atoms in total. The van der Waals surface area contributed by atoms with E-state index in [-0.39, 0.29) is 55.9 Å². The van der Waals surface area contributed by atoms with E-state index in [9.17, 15) is 37.5 Å². The number of benzene rings is 2. The molecule has 0 aliphatic rings. The fourth-order valence-electron chi connectivity index (χ4n) is 3.78. The summed E-state index contributed by atoms with van der Waals surface area (Å²) in [6.45, 7) is 2.67. The normalized spacial score (nSPS) is 9.78. The summed E-state index contributed by atoms with van der Waals surface area (Å²) in [6.07, 6.45) is 3.68. The van der Waals surface area contributed by atoms with Crippen molar-refractivity contribution in [1.29, 1.82) is 0 Å². The Balaban J connectivity index is 0.000000277. The summed E-state index contributed by atoms with van der Waals surface area (Å²) < 4.78 is 36.3. The van der Waals surface area contributed by atoms with Crippen molar-refractivity contribution >= 4 is 72.1 Å². The van der Waals surface area contributed by atoms with Crippen LogP contribution in [0.5, 0.6) is 0 Å². The summed E-state index contributed by atoms with van der Waals surface area (Å²) in [5.41, 5.74) is 0.616. The molecule has 0 radical (unpaired) electrons. The number of rotatable bonds is 8. The number of ether oxygens (including phenoxy) is 2. The zero-order valence-electron chi connectivity index (χ0n) is 26.7. The molecule has 2 aromatic carbocycles. The number of nitrogens with one attached hydrogen (secondary N) is 2. The van der Waals surface area contributed by atoms with Crippen LogP contribution in [0.15, 0.2) is 60.9 Å². The first kappa shape index (κ1) is 40.3. The van der Waals surface area contributed by atoms with Crippen molar-refractivity contribution in [3.05, 3.63) is 99.8 Å². The Hall–Kier alpha value is -5.91. The minimum Gasteiger partial charge on any atom is -0.465 e. The molecule has 2 amide bonds. The lowest BCUT2D eigenvalue weighted by atomic mass is 9.79. The molecule has 50 heavy (non-hydrogen) atoms. The number of aromatic nitrogens is 2. The van der Waals surface area contributed by atoms with Gasteiger partial charge < -0.3 is 30.2 Å². The predicted molar refractivity (Wildman–Crippen MR) is 177 cm³/mol. The maximum atomic E-state index is 14.3. The van der Waals surface area contributed by atoms with Gasteiger partial charge in [0.05, 0.1) is 35.9 Å². The summed E-state index contributed by atoms with van der Waals surface area (Å²) >= 11 is 5.69. The summed E-state index contributed by atoms with van der Waals surface area (Å²) in [5.74, 6) is -2.95. The molecule has 0 aliphatic carbocycles. The lowest BCUT2D eigenvalue weighted by Crippen LogP contribution is -2.32. The third-order valence-electron chi connectivity index (χ3n) is 6.06. The largest absolute Gasteiger partial charge is 0.491 e. The van der Waals surface area contributed by atoms with E-state index in [4.69, 9.17) is 21.6 Å². The maximum Gasteiger partial charge on any atom is 0.491 e. The van der Waals surface area contributed by atoms with Crippen molar-refractivity contribution in [3.8, 4) is 11.1 Å². The van der Waals surface area contributed by atoms with Crippen LogP contribution in [0.1, 0.15) is 55.3 Å². The molecule has 0 saturated heterocycles. The van der Waals surface area contributed by atoms with E-state index in [0.717, 1.165) is 18.2 Å². The van der Waals surface area contributed by atoms with Gasteiger partial charge in [-0.2, -0.15) is 0 Å². The van der Waals surface area contributed by atoms with E-state index in [0.29, 0.717) is 24.0 Å². The third kappa shape index (κ3) is 11.7. The lowest BCUT2D eigenvalue weighted by molar-refractivity contribution is -0.115. The highest BCUT2D eigenvalue weighted by molar-refractivity contribution is 6.58. The van der Waals surface area contributed by atoms with Gasteiger partial charge in [0.2, 0.25) is 11.8 Å². The van der Waals surface area contributed by atoms with Gasteiger partial charge in [-0.1, -0.05) is 23.7 Å². The van der Waals surface area contributed by atoms with Crippen molar-refractivity contribution in [2.24, 2.45) is 0 Å². The smallest absolute Gasteiger partial charge is 0.465 e. The third-order valence-corrected chi connectivity index (χ3v) is 6.39. The number of amides is 2. The van der Waals surface area contributed by atoms with E-state index in [1.165, 1.54) is 70.8 Å². The zero-order chi connectivity index (χ0) is 37.5. The van der Waals surface area contributed by atoms with Crippen LogP contribution < -0.4 is 16.1 Å². The van der Waals surface area contributed by atoms with E-state index in [2.05, 4.69) is 30.1 Å². The fourth-order valence-corrected chi connectivity index (χ4v) is 3.98. The first-order chi connectivity index (χ1) is 23.6. The number of aldehydes is 2. The predicted octanol–water partition coefficient (Wildman–Crippen LogP) is 3.24. The Kier molecular flexibility index (Phi) is 15.4. The highest BCUT2D eigenvalue weighted by Gasteiger charge is 2.18. The first-order valence-corrected chi connectivity index (χ1v) is 14.3. The highest BCUT2D eigenvalue weighted by atomic mass is 35.5. The molecule has 2 aromatic heterocycles. The molecule has 0 bridgehead atoms. The summed E-state index contributed by atoms with van der Waals surface area (Å²) in [6, 6.07) is 9.84. The van der Waals surface area contributed by atoms with Crippen molar-refractivity contribution in [3.63, 3.8) is 0 Å². The highest BCUT2D eigenvalue weighted by Crippen LogP contribution is 2.28. The molecule has 260 valence electrons. The second kappa shape index (κ2) is 19.2.